The molecule has 0 N–H and O–H groups in total. The van der Waals surface area contributed by atoms with Crippen LogP contribution in [0.4, 0.5) is 0 Å². The van der Waals surface area contributed by atoms with E-state index in [1.807, 2.05) is 0 Å². The molecule has 0 saturated carbocycles. The first-order chi connectivity index (χ1) is 2.27. The Morgan fingerprint density at radius 2 is 2.00 bits per heavy atom. The summed E-state index contributed by atoms with van der Waals surface area (Å²) in [5.74, 6) is -1.23. The first-order valence-electron chi connectivity index (χ1n) is 1.11. The zero-order valence-corrected chi connectivity index (χ0v) is 5.56. The van der Waals surface area contributed by atoms with Crippen molar-refractivity contribution in [3.05, 3.63) is 12.7 Å². The fraction of sp³-hybridized carbons (Fsp3) is 0. The van der Waals surface area contributed by atoms with Crippen LogP contribution < -0.4 is 5.11 Å². The molecule has 0 aliphatic heterocycles. The van der Waals surface area contributed by atoms with E-state index in [-0.39, 0.29) is 26.2 Å². The van der Waals surface area contributed by atoms with Crippen LogP contribution in [0.15, 0.2) is 12.7 Å². The molecule has 0 aromatic carbocycles. The second-order valence-electron chi connectivity index (χ2n) is 0.523. The molecule has 0 aliphatic carbocycles. The zero-order valence-electron chi connectivity index (χ0n) is 3.10. The van der Waals surface area contributed by atoms with Gasteiger partial charge in [0.1, 0.15) is 0 Å². The molecular weight excluding hydrogens is 159 g/mol. The van der Waals surface area contributed by atoms with E-state index in [9.17, 15) is 0 Å². The minimum absolute atomic E-state index is 0. The summed E-state index contributed by atoms with van der Waals surface area (Å²) >= 11 is 0. The number of hydrogen-bond donors (Lipinski definition) is 0. The number of carbonyl (C=O) groups is 1. The van der Waals surface area contributed by atoms with Crippen LogP contribution in [0, 0.1) is 0 Å². The molecule has 0 saturated heterocycles. The van der Waals surface area contributed by atoms with E-state index in [0.29, 0.717) is 0 Å². The molecule has 0 spiro atoms. The van der Waals surface area contributed by atoms with Gasteiger partial charge in [0.15, 0.2) is 0 Å². The summed E-state index contributed by atoms with van der Waals surface area (Å²) in [7, 11) is 0. The van der Waals surface area contributed by atoms with Crippen molar-refractivity contribution in [3.63, 3.8) is 0 Å². The van der Waals surface area contributed by atoms with Crippen molar-refractivity contribution < 1.29 is 36.1 Å². The largest absolute Gasteiger partial charge is 0.545 e. The number of carboxylic acids is 1. The molecule has 32 valence electrons. The Balaban J connectivity index is 0. The minimum Gasteiger partial charge on any atom is -0.545 e. The fourth-order valence-electron chi connectivity index (χ4n) is 0. The van der Waals surface area contributed by atoms with E-state index in [0.717, 1.165) is 6.08 Å². The molecule has 0 rings (SSSR count). The van der Waals surface area contributed by atoms with Gasteiger partial charge in [-0.3, -0.25) is 0 Å². The molecule has 2 nitrogen and oxygen atoms in total. The summed E-state index contributed by atoms with van der Waals surface area (Å²) in [5.41, 5.74) is 0. The third-order valence-corrected chi connectivity index (χ3v) is 0.167. The Morgan fingerprint density at radius 3 is 2.00 bits per heavy atom. The van der Waals surface area contributed by atoms with Crippen molar-refractivity contribution in [2.45, 2.75) is 0 Å². The molecule has 0 aromatic rings. The first kappa shape index (κ1) is 9.43. The van der Waals surface area contributed by atoms with Gasteiger partial charge < -0.3 is 9.90 Å². The molecule has 0 bridgehead atoms. The van der Waals surface area contributed by atoms with E-state index in [1.54, 1.807) is 0 Å². The van der Waals surface area contributed by atoms with Gasteiger partial charge in [-0.1, -0.05) is 6.58 Å². The Hall–Kier alpha value is 0.0931. The molecule has 0 aliphatic rings. The molecule has 0 fully saturated rings. The van der Waals surface area contributed by atoms with Gasteiger partial charge in [-0.2, -0.15) is 0 Å². The van der Waals surface area contributed by atoms with Crippen LogP contribution in [-0.2, 0) is 31.0 Å². The summed E-state index contributed by atoms with van der Waals surface area (Å²) in [6, 6.07) is 0. The molecule has 0 unspecified atom stereocenters. The predicted octanol–water partition coefficient (Wildman–Crippen LogP) is -1.08. The predicted molar refractivity (Wildman–Crippen MR) is 15.2 cm³/mol. The zero-order chi connectivity index (χ0) is 4.28. The van der Waals surface area contributed by atoms with Gasteiger partial charge >= 0.3 is 0 Å². The van der Waals surface area contributed by atoms with Crippen LogP contribution in [0.3, 0.4) is 0 Å². The first-order valence-corrected chi connectivity index (χ1v) is 1.11. The average Bonchev–Trinajstić information content (AvgIpc) is 1.38. The Bertz CT molecular complexity index is 59.8. The third-order valence-electron chi connectivity index (χ3n) is 0.167. The summed E-state index contributed by atoms with van der Waals surface area (Å²) < 4.78 is 0. The summed E-state index contributed by atoms with van der Waals surface area (Å²) in [6.07, 6.45) is 0.722. The van der Waals surface area contributed by atoms with Crippen LogP contribution in [0.2, 0.25) is 0 Å². The Labute approximate surface area is 55.0 Å². The number of hydrogen-bond acceptors (Lipinski definition) is 2. The molecule has 0 heterocycles. The average molecular weight is 162 g/mol. The summed E-state index contributed by atoms with van der Waals surface area (Å²) in [4.78, 5) is 9.14. The van der Waals surface area contributed by atoms with Crippen molar-refractivity contribution in [2.24, 2.45) is 0 Å². The van der Waals surface area contributed by atoms with Gasteiger partial charge in [-0.25, -0.2) is 0 Å². The van der Waals surface area contributed by atoms with Gasteiger partial charge in [-0.05, 0) is 6.08 Å². The SMILES string of the molecule is C=CC(=O)[O-].[Zr]. The van der Waals surface area contributed by atoms with Crippen LogP contribution in [0.5, 0.6) is 0 Å². The Morgan fingerprint density at radius 1 is 1.83 bits per heavy atom. The van der Waals surface area contributed by atoms with Crippen molar-refractivity contribution >= 4 is 5.97 Å². The van der Waals surface area contributed by atoms with E-state index in [1.165, 1.54) is 0 Å². The van der Waals surface area contributed by atoms with Gasteiger partial charge in [0.25, 0.3) is 0 Å². The molecule has 0 atom stereocenters. The second-order valence-corrected chi connectivity index (χ2v) is 0.523. The minimum atomic E-state index is -1.23. The number of carbonyl (C=O) groups excluding carboxylic acids is 1. The number of rotatable bonds is 1. The Kier molecular flexibility index (Phi) is 8.01. The molecule has 0 amide bonds. The smallest absolute Gasteiger partial charge is 0.0636 e. The maximum absolute atomic E-state index is 9.14. The van der Waals surface area contributed by atoms with Crippen LogP contribution in [0.1, 0.15) is 0 Å². The van der Waals surface area contributed by atoms with Crippen LogP contribution in [-0.4, -0.2) is 5.97 Å². The van der Waals surface area contributed by atoms with E-state index >= 15 is 0 Å². The van der Waals surface area contributed by atoms with Crippen molar-refractivity contribution in [1.82, 2.24) is 0 Å². The maximum Gasteiger partial charge on any atom is 0.0636 e. The van der Waals surface area contributed by atoms with Gasteiger partial charge in [0, 0.05) is 26.2 Å². The second kappa shape index (κ2) is 5.09. The normalized spacial score (nSPS) is 5.33. The molecule has 6 heavy (non-hydrogen) atoms. The van der Waals surface area contributed by atoms with Crippen molar-refractivity contribution in [2.75, 3.05) is 0 Å². The van der Waals surface area contributed by atoms with Crippen molar-refractivity contribution in [3.8, 4) is 0 Å². The molecule has 3 heteroatoms. The van der Waals surface area contributed by atoms with Gasteiger partial charge in [-0.15, -0.1) is 0 Å². The topological polar surface area (TPSA) is 40.1 Å². The van der Waals surface area contributed by atoms with Gasteiger partial charge in [0.05, 0.1) is 5.97 Å². The maximum atomic E-state index is 9.14. The summed E-state index contributed by atoms with van der Waals surface area (Å²) in [6.45, 7) is 2.90. The standard InChI is InChI=1S/C3H4O2.Zr/c1-2-3(4)5;/h2H,1H2,(H,4,5);/p-1. The van der Waals surface area contributed by atoms with Crippen LogP contribution >= 0.6 is 0 Å². The monoisotopic (exact) mass is 161 g/mol. The van der Waals surface area contributed by atoms with Crippen molar-refractivity contribution in [1.29, 1.82) is 0 Å². The van der Waals surface area contributed by atoms with E-state index < -0.39 is 5.97 Å². The van der Waals surface area contributed by atoms with Gasteiger partial charge in [0.2, 0.25) is 0 Å². The molecule has 0 radical (unpaired) electrons. The van der Waals surface area contributed by atoms with E-state index in [2.05, 4.69) is 6.58 Å². The van der Waals surface area contributed by atoms with Crippen LogP contribution in [0.25, 0.3) is 0 Å². The third kappa shape index (κ3) is 8.94. The quantitative estimate of drug-likeness (QED) is 0.460. The summed E-state index contributed by atoms with van der Waals surface area (Å²) in [5, 5.41) is 9.14. The number of aliphatic carboxylic acids is 1. The molecule has 0 aromatic heterocycles. The fourth-order valence-corrected chi connectivity index (χ4v) is 0. The van der Waals surface area contributed by atoms with E-state index in [4.69, 9.17) is 9.90 Å². The number of carboxylic acid groups (broad SMARTS) is 1. The molecular formula is C3H3O2Zr-.